The average Bonchev–Trinajstić information content (AvgIpc) is 2.21. The Bertz CT molecular complexity index is 261. The standard InChI is InChI=1S/C12H19NO2/c1-3-4-5-6-7-8-9-13-10-11(2)12(14)15/h2-9H2,1H3. The number of carbonyl (C=O) groups excluding carboxylic acids is 1. The molecule has 0 atom stereocenters. The SMILES string of the molecule is C=C(C#[N+]CCCCCCCC)C(=O)[O-]. The summed E-state index contributed by atoms with van der Waals surface area (Å²) < 4.78 is 0. The third-order valence-electron chi connectivity index (χ3n) is 2.08. The molecule has 3 heteroatoms. The van der Waals surface area contributed by atoms with Gasteiger partial charge in [-0.2, -0.15) is 0 Å². The van der Waals surface area contributed by atoms with Crippen molar-refractivity contribution < 1.29 is 9.90 Å². The molecule has 0 rings (SSSR count). The molecule has 0 aliphatic heterocycles. The number of unbranched alkanes of at least 4 members (excludes halogenated alkanes) is 5. The van der Waals surface area contributed by atoms with Gasteiger partial charge in [-0.1, -0.05) is 44.0 Å². The van der Waals surface area contributed by atoms with E-state index in [1.165, 1.54) is 25.7 Å². The van der Waals surface area contributed by atoms with Crippen molar-refractivity contribution >= 4 is 5.97 Å². The van der Waals surface area contributed by atoms with Gasteiger partial charge >= 0.3 is 6.07 Å². The van der Waals surface area contributed by atoms with E-state index in [0.717, 1.165) is 12.8 Å². The second kappa shape index (κ2) is 9.26. The van der Waals surface area contributed by atoms with Crippen molar-refractivity contribution in [3.05, 3.63) is 17.0 Å². The lowest BCUT2D eigenvalue weighted by atomic mass is 10.1. The average molecular weight is 209 g/mol. The molecule has 0 aliphatic rings. The van der Waals surface area contributed by atoms with Gasteiger partial charge in [0.1, 0.15) is 5.57 Å². The number of rotatable bonds is 7. The van der Waals surface area contributed by atoms with Gasteiger partial charge in [-0.15, -0.1) is 0 Å². The van der Waals surface area contributed by atoms with Crippen LogP contribution >= 0.6 is 0 Å². The number of nitrogens with zero attached hydrogens (tertiary/aromatic N) is 1. The fourth-order valence-corrected chi connectivity index (χ4v) is 1.17. The number of hydrogen-bond acceptors (Lipinski definition) is 2. The highest BCUT2D eigenvalue weighted by molar-refractivity contribution is 5.88. The molecule has 0 aromatic rings. The van der Waals surface area contributed by atoms with E-state index in [9.17, 15) is 9.90 Å². The number of aliphatic carboxylic acids is 1. The molecule has 0 saturated heterocycles. The Morgan fingerprint density at radius 1 is 1.27 bits per heavy atom. The first-order chi connectivity index (χ1) is 7.18. The molecule has 0 aromatic carbocycles. The molecular formula is C12H19NO2. The monoisotopic (exact) mass is 209 g/mol. The van der Waals surface area contributed by atoms with Crippen LogP contribution in [0.4, 0.5) is 0 Å². The van der Waals surface area contributed by atoms with Gasteiger partial charge in [0.25, 0.3) is 6.54 Å². The van der Waals surface area contributed by atoms with Crippen LogP contribution in [0.5, 0.6) is 0 Å². The Morgan fingerprint density at radius 3 is 2.47 bits per heavy atom. The highest BCUT2D eigenvalue weighted by Crippen LogP contribution is 2.04. The van der Waals surface area contributed by atoms with Crippen LogP contribution in [0.3, 0.4) is 0 Å². The molecule has 0 fully saturated rings. The largest absolute Gasteiger partial charge is 0.544 e. The molecule has 0 aromatic heterocycles. The van der Waals surface area contributed by atoms with Gasteiger partial charge in [-0.05, 0) is 6.42 Å². The molecule has 0 spiro atoms. The van der Waals surface area contributed by atoms with E-state index in [1.807, 2.05) is 0 Å². The summed E-state index contributed by atoms with van der Waals surface area (Å²) in [4.78, 5) is 14.0. The molecule has 0 unspecified atom stereocenters. The van der Waals surface area contributed by atoms with E-state index in [-0.39, 0.29) is 5.57 Å². The second-order valence-corrected chi connectivity index (χ2v) is 3.53. The van der Waals surface area contributed by atoms with Gasteiger partial charge in [0.15, 0.2) is 0 Å². The molecule has 0 aliphatic carbocycles. The second-order valence-electron chi connectivity index (χ2n) is 3.53. The Hall–Kier alpha value is -1.30. The lowest BCUT2D eigenvalue weighted by Crippen LogP contribution is -2.22. The first kappa shape index (κ1) is 13.7. The fraction of sp³-hybridized carbons (Fsp3) is 0.667. The maximum Gasteiger partial charge on any atom is 0.312 e. The summed E-state index contributed by atoms with van der Waals surface area (Å²) in [5, 5.41) is 10.2. The van der Waals surface area contributed by atoms with Crippen LogP contribution in [0.15, 0.2) is 12.2 Å². The Labute approximate surface area is 91.6 Å². The Morgan fingerprint density at radius 2 is 1.87 bits per heavy atom. The van der Waals surface area contributed by atoms with Crippen LogP contribution in [0, 0.1) is 6.07 Å². The zero-order chi connectivity index (χ0) is 11.5. The summed E-state index contributed by atoms with van der Waals surface area (Å²) in [6, 6.07) is 2.35. The molecule has 0 N–H and O–H groups in total. The van der Waals surface area contributed by atoms with Crippen LogP contribution < -0.4 is 5.11 Å². The molecule has 0 saturated carbocycles. The first-order valence-electron chi connectivity index (χ1n) is 5.51. The van der Waals surface area contributed by atoms with Gasteiger partial charge < -0.3 is 9.90 Å². The quantitative estimate of drug-likeness (QED) is 0.365. The van der Waals surface area contributed by atoms with Gasteiger partial charge in [0, 0.05) is 6.42 Å². The highest BCUT2D eigenvalue weighted by Gasteiger charge is 1.97. The highest BCUT2D eigenvalue weighted by atomic mass is 16.4. The molecule has 0 amide bonds. The Balaban J connectivity index is 3.38. The van der Waals surface area contributed by atoms with Crippen LogP contribution in [0.1, 0.15) is 45.4 Å². The predicted molar refractivity (Wildman–Crippen MR) is 59.6 cm³/mol. The van der Waals surface area contributed by atoms with Crippen molar-refractivity contribution in [3.8, 4) is 6.07 Å². The summed E-state index contributed by atoms with van der Waals surface area (Å²) in [7, 11) is 0. The van der Waals surface area contributed by atoms with Gasteiger partial charge in [0.2, 0.25) is 0 Å². The zero-order valence-electron chi connectivity index (χ0n) is 9.42. The van der Waals surface area contributed by atoms with E-state index in [1.54, 1.807) is 0 Å². The summed E-state index contributed by atoms with van der Waals surface area (Å²) in [5.74, 6) is -1.30. The molecule has 0 heterocycles. The van der Waals surface area contributed by atoms with Gasteiger partial charge in [-0.25, -0.2) is 0 Å². The smallest absolute Gasteiger partial charge is 0.312 e. The summed E-state index contributed by atoms with van der Waals surface area (Å²) >= 11 is 0. The molecule has 84 valence electrons. The minimum atomic E-state index is -1.30. The van der Waals surface area contributed by atoms with Crippen molar-refractivity contribution in [1.82, 2.24) is 0 Å². The van der Waals surface area contributed by atoms with Gasteiger partial charge in [-0.3, -0.25) is 0 Å². The normalized spacial score (nSPS) is 9.13. The van der Waals surface area contributed by atoms with Crippen molar-refractivity contribution in [2.24, 2.45) is 0 Å². The number of carboxylic acids is 1. The molecule has 3 nitrogen and oxygen atoms in total. The van der Waals surface area contributed by atoms with Crippen LogP contribution in [0.2, 0.25) is 0 Å². The van der Waals surface area contributed by atoms with E-state index in [2.05, 4.69) is 24.4 Å². The van der Waals surface area contributed by atoms with Gasteiger partial charge in [0.05, 0.1) is 5.97 Å². The summed E-state index contributed by atoms with van der Waals surface area (Å²) in [5.41, 5.74) is -0.180. The molecule has 0 radical (unpaired) electrons. The maximum atomic E-state index is 10.2. The third-order valence-corrected chi connectivity index (χ3v) is 2.08. The number of carboxylic acid groups (broad SMARTS) is 1. The summed E-state index contributed by atoms with van der Waals surface area (Å²) in [6.45, 7) is 6.05. The van der Waals surface area contributed by atoms with Crippen molar-refractivity contribution in [1.29, 1.82) is 0 Å². The van der Waals surface area contributed by atoms with Crippen molar-refractivity contribution in [2.45, 2.75) is 45.4 Å². The van der Waals surface area contributed by atoms with E-state index < -0.39 is 5.97 Å². The van der Waals surface area contributed by atoms with Crippen LogP contribution in [0.25, 0.3) is 4.85 Å². The fourth-order valence-electron chi connectivity index (χ4n) is 1.17. The first-order valence-corrected chi connectivity index (χ1v) is 5.51. The van der Waals surface area contributed by atoms with E-state index >= 15 is 0 Å². The zero-order valence-corrected chi connectivity index (χ0v) is 9.42. The van der Waals surface area contributed by atoms with Crippen molar-refractivity contribution in [3.63, 3.8) is 0 Å². The minimum Gasteiger partial charge on any atom is -0.544 e. The Kier molecular flexibility index (Phi) is 8.46. The molecule has 0 bridgehead atoms. The van der Waals surface area contributed by atoms with E-state index in [4.69, 9.17) is 0 Å². The topological polar surface area (TPSA) is 44.5 Å². The number of carbonyl (C=O) groups is 1. The molecular weight excluding hydrogens is 190 g/mol. The maximum absolute atomic E-state index is 10.2. The third kappa shape index (κ3) is 9.01. The van der Waals surface area contributed by atoms with Crippen LogP contribution in [-0.2, 0) is 4.79 Å². The minimum absolute atomic E-state index is 0.180. The van der Waals surface area contributed by atoms with Crippen molar-refractivity contribution in [2.75, 3.05) is 6.54 Å². The lowest BCUT2D eigenvalue weighted by molar-refractivity contribution is -0.298. The van der Waals surface area contributed by atoms with E-state index in [0.29, 0.717) is 6.54 Å². The lowest BCUT2D eigenvalue weighted by Gasteiger charge is -1.94. The molecule has 15 heavy (non-hydrogen) atoms. The number of hydrogen-bond donors (Lipinski definition) is 0. The summed E-state index contributed by atoms with van der Waals surface area (Å²) in [6.07, 6.45) is 7.16. The predicted octanol–water partition coefficient (Wildman–Crippen LogP) is 1.99. The van der Waals surface area contributed by atoms with Crippen LogP contribution in [-0.4, -0.2) is 12.5 Å².